The lowest BCUT2D eigenvalue weighted by Crippen LogP contribution is -2.31. The zero-order valence-corrected chi connectivity index (χ0v) is 12.9. The van der Waals surface area contributed by atoms with Crippen LogP contribution in [-0.4, -0.2) is 32.1 Å². The van der Waals surface area contributed by atoms with Crippen molar-refractivity contribution in [2.75, 3.05) is 26.2 Å². The number of ether oxygens (including phenoxy) is 1. The lowest BCUT2D eigenvalue weighted by atomic mass is 9.95. The van der Waals surface area contributed by atoms with E-state index in [1.54, 1.807) is 0 Å². The first-order valence-corrected chi connectivity index (χ1v) is 8.01. The van der Waals surface area contributed by atoms with Gasteiger partial charge in [0.1, 0.15) is 5.75 Å². The van der Waals surface area contributed by atoms with Crippen LogP contribution < -0.4 is 15.4 Å². The number of benzene rings is 1. The van der Waals surface area contributed by atoms with Crippen molar-refractivity contribution in [2.24, 2.45) is 5.92 Å². The smallest absolute Gasteiger partial charge is 0.251 e. The fraction of sp³-hybridized carbons (Fsp3) is 0.588. The Balaban J connectivity index is 1.76. The first-order chi connectivity index (χ1) is 10.3. The maximum absolute atomic E-state index is 12.1. The molecule has 0 aromatic heterocycles. The molecule has 1 saturated heterocycles. The second-order valence-corrected chi connectivity index (χ2v) is 5.61. The Morgan fingerprint density at radius 3 is 2.95 bits per heavy atom. The van der Waals surface area contributed by atoms with Gasteiger partial charge in [-0.25, -0.2) is 0 Å². The van der Waals surface area contributed by atoms with Gasteiger partial charge in [0.25, 0.3) is 5.91 Å². The molecule has 116 valence electrons. The molecule has 1 aliphatic rings. The third-order valence-electron chi connectivity index (χ3n) is 3.87. The molecule has 0 spiro atoms. The molecule has 0 unspecified atom stereocenters. The van der Waals surface area contributed by atoms with Crippen molar-refractivity contribution in [3.8, 4) is 5.75 Å². The van der Waals surface area contributed by atoms with Gasteiger partial charge >= 0.3 is 0 Å². The van der Waals surface area contributed by atoms with Crippen molar-refractivity contribution in [3.63, 3.8) is 0 Å². The molecular weight excluding hydrogens is 264 g/mol. The van der Waals surface area contributed by atoms with Crippen molar-refractivity contribution in [2.45, 2.75) is 32.6 Å². The molecule has 4 nitrogen and oxygen atoms in total. The summed E-state index contributed by atoms with van der Waals surface area (Å²) in [5, 5.41) is 6.38. The summed E-state index contributed by atoms with van der Waals surface area (Å²) in [7, 11) is 0. The largest absolute Gasteiger partial charge is 0.494 e. The van der Waals surface area contributed by atoms with Crippen LogP contribution in [0.15, 0.2) is 24.3 Å². The van der Waals surface area contributed by atoms with Gasteiger partial charge < -0.3 is 15.4 Å². The lowest BCUT2D eigenvalue weighted by molar-refractivity contribution is 0.0950. The minimum absolute atomic E-state index is 0.00844. The van der Waals surface area contributed by atoms with Gasteiger partial charge in [0.05, 0.1) is 6.61 Å². The normalized spacial score (nSPS) is 15.7. The average Bonchev–Trinajstić information content (AvgIpc) is 2.54. The molecule has 0 aliphatic carbocycles. The molecule has 21 heavy (non-hydrogen) atoms. The molecule has 1 aromatic carbocycles. The topological polar surface area (TPSA) is 50.4 Å². The lowest BCUT2D eigenvalue weighted by Gasteiger charge is -2.22. The number of hydrogen-bond acceptors (Lipinski definition) is 3. The van der Waals surface area contributed by atoms with E-state index in [4.69, 9.17) is 4.74 Å². The van der Waals surface area contributed by atoms with Crippen LogP contribution in [0, 0.1) is 5.92 Å². The summed E-state index contributed by atoms with van der Waals surface area (Å²) in [6.45, 7) is 5.71. The first kappa shape index (κ1) is 15.8. The minimum atomic E-state index is -0.00844. The van der Waals surface area contributed by atoms with E-state index < -0.39 is 0 Å². The monoisotopic (exact) mass is 290 g/mol. The van der Waals surface area contributed by atoms with Crippen LogP contribution in [0.1, 0.15) is 43.0 Å². The summed E-state index contributed by atoms with van der Waals surface area (Å²) >= 11 is 0. The highest BCUT2D eigenvalue weighted by molar-refractivity contribution is 5.94. The molecule has 2 N–H and O–H groups in total. The quantitative estimate of drug-likeness (QED) is 0.811. The Labute approximate surface area is 127 Å². The number of carbonyl (C=O) groups excluding carboxylic acids is 1. The van der Waals surface area contributed by atoms with Crippen molar-refractivity contribution in [1.82, 2.24) is 10.6 Å². The third kappa shape index (κ3) is 5.38. The highest BCUT2D eigenvalue weighted by Crippen LogP contribution is 2.16. The van der Waals surface area contributed by atoms with Crippen molar-refractivity contribution in [3.05, 3.63) is 29.8 Å². The molecule has 0 atom stereocenters. The molecule has 0 bridgehead atoms. The average molecular weight is 290 g/mol. The number of carbonyl (C=O) groups is 1. The Bertz CT molecular complexity index is 442. The van der Waals surface area contributed by atoms with Crippen LogP contribution >= 0.6 is 0 Å². The predicted octanol–water partition coefficient (Wildman–Crippen LogP) is 2.59. The molecular formula is C17H26N2O2. The Hall–Kier alpha value is -1.55. The SMILES string of the molecule is CCCOc1cccc(C(=O)NCCC2CCNCC2)c1. The highest BCUT2D eigenvalue weighted by Gasteiger charge is 2.13. The maximum atomic E-state index is 12.1. The Kier molecular flexibility index (Phi) is 6.54. The molecule has 4 heteroatoms. The van der Waals surface area contributed by atoms with Crippen LogP contribution in [0.3, 0.4) is 0 Å². The van der Waals surface area contributed by atoms with Crippen LogP contribution in [0.25, 0.3) is 0 Å². The van der Waals surface area contributed by atoms with Crippen LogP contribution in [-0.2, 0) is 0 Å². The van der Waals surface area contributed by atoms with E-state index in [0.29, 0.717) is 12.2 Å². The van der Waals surface area contributed by atoms with Gasteiger partial charge in [-0.1, -0.05) is 13.0 Å². The predicted molar refractivity (Wildman–Crippen MR) is 84.8 cm³/mol. The van der Waals surface area contributed by atoms with Crippen molar-refractivity contribution < 1.29 is 9.53 Å². The number of amides is 1. The Morgan fingerprint density at radius 2 is 2.19 bits per heavy atom. The summed E-state index contributed by atoms with van der Waals surface area (Å²) in [4.78, 5) is 12.1. The number of rotatable bonds is 7. The van der Waals surface area contributed by atoms with Crippen molar-refractivity contribution in [1.29, 1.82) is 0 Å². The summed E-state index contributed by atoms with van der Waals surface area (Å²) in [5.41, 5.74) is 0.675. The van der Waals surface area contributed by atoms with E-state index >= 15 is 0 Å². The van der Waals surface area contributed by atoms with Gasteiger partial charge in [0.2, 0.25) is 0 Å². The van der Waals surface area contributed by atoms with Gasteiger partial charge in [-0.15, -0.1) is 0 Å². The minimum Gasteiger partial charge on any atom is -0.494 e. The van der Waals surface area contributed by atoms with Crippen LogP contribution in [0.2, 0.25) is 0 Å². The second kappa shape index (κ2) is 8.67. The molecule has 1 fully saturated rings. The molecule has 0 saturated carbocycles. The van der Waals surface area contributed by atoms with Gasteiger partial charge in [0, 0.05) is 12.1 Å². The van der Waals surface area contributed by atoms with E-state index in [-0.39, 0.29) is 5.91 Å². The fourth-order valence-corrected chi connectivity index (χ4v) is 2.61. The van der Waals surface area contributed by atoms with E-state index in [0.717, 1.165) is 44.1 Å². The Morgan fingerprint density at radius 1 is 1.38 bits per heavy atom. The number of hydrogen-bond donors (Lipinski definition) is 2. The molecule has 1 heterocycles. The zero-order valence-electron chi connectivity index (χ0n) is 12.9. The zero-order chi connectivity index (χ0) is 14.9. The molecule has 1 amide bonds. The van der Waals surface area contributed by atoms with Crippen molar-refractivity contribution >= 4 is 5.91 Å². The molecule has 1 aromatic rings. The molecule has 1 aliphatic heterocycles. The standard InChI is InChI=1S/C17H26N2O2/c1-2-12-21-16-5-3-4-15(13-16)17(20)19-11-8-14-6-9-18-10-7-14/h3-5,13-14,18H,2,6-12H2,1H3,(H,19,20). The number of nitrogens with one attached hydrogen (secondary N) is 2. The van der Waals surface area contributed by atoms with Gasteiger partial charge in [-0.2, -0.15) is 0 Å². The molecule has 2 rings (SSSR count). The van der Waals surface area contributed by atoms with Gasteiger partial charge in [-0.3, -0.25) is 4.79 Å². The van der Waals surface area contributed by atoms with Crippen LogP contribution in [0.5, 0.6) is 5.75 Å². The fourth-order valence-electron chi connectivity index (χ4n) is 2.61. The second-order valence-electron chi connectivity index (χ2n) is 5.61. The summed E-state index contributed by atoms with van der Waals surface area (Å²) in [5.74, 6) is 1.50. The third-order valence-corrected chi connectivity index (χ3v) is 3.87. The first-order valence-electron chi connectivity index (χ1n) is 8.01. The summed E-state index contributed by atoms with van der Waals surface area (Å²) < 4.78 is 5.56. The summed E-state index contributed by atoms with van der Waals surface area (Å²) in [6.07, 6.45) is 4.47. The number of piperidine rings is 1. The summed E-state index contributed by atoms with van der Waals surface area (Å²) in [6, 6.07) is 7.41. The van der Waals surface area contributed by atoms with E-state index in [1.165, 1.54) is 12.8 Å². The van der Waals surface area contributed by atoms with E-state index in [1.807, 2.05) is 24.3 Å². The maximum Gasteiger partial charge on any atom is 0.251 e. The van der Waals surface area contributed by atoms with E-state index in [2.05, 4.69) is 17.6 Å². The van der Waals surface area contributed by atoms with Gasteiger partial charge in [0.15, 0.2) is 0 Å². The molecule has 0 radical (unpaired) electrons. The highest BCUT2D eigenvalue weighted by atomic mass is 16.5. The van der Waals surface area contributed by atoms with Crippen LogP contribution in [0.4, 0.5) is 0 Å². The van der Waals surface area contributed by atoms with E-state index in [9.17, 15) is 4.79 Å². The van der Waals surface area contributed by atoms with Gasteiger partial charge in [-0.05, 0) is 62.9 Å².